The lowest BCUT2D eigenvalue weighted by Gasteiger charge is -2.43. The number of rotatable bonds is 3. The molecule has 2 N–H and O–H groups in total. The second-order valence-corrected chi connectivity index (χ2v) is 11.7. The fourth-order valence-corrected chi connectivity index (χ4v) is 6.34. The molecule has 30 heavy (non-hydrogen) atoms. The van der Waals surface area contributed by atoms with E-state index >= 15 is 0 Å². The summed E-state index contributed by atoms with van der Waals surface area (Å²) in [5.41, 5.74) is 5.21. The normalized spacial score (nSPS) is 38.1. The molecule has 0 radical (unpaired) electrons. The molecular formula is C28H40O2. The van der Waals surface area contributed by atoms with E-state index in [1.165, 1.54) is 44.1 Å². The summed E-state index contributed by atoms with van der Waals surface area (Å²) in [6.07, 6.45) is 16.8. The smallest absolute Gasteiger partial charge is 0.0602 e. The Morgan fingerprint density at radius 3 is 2.43 bits per heavy atom. The van der Waals surface area contributed by atoms with Crippen LogP contribution in [0.3, 0.4) is 0 Å². The van der Waals surface area contributed by atoms with Crippen molar-refractivity contribution in [2.75, 3.05) is 0 Å². The molecule has 4 atom stereocenters. The Bertz CT molecular complexity index is 809. The Morgan fingerprint density at radius 2 is 1.80 bits per heavy atom. The monoisotopic (exact) mass is 408 g/mol. The lowest BCUT2D eigenvalue weighted by molar-refractivity contribution is 0.0609. The van der Waals surface area contributed by atoms with Crippen molar-refractivity contribution in [1.82, 2.24) is 0 Å². The van der Waals surface area contributed by atoms with Crippen molar-refractivity contribution in [2.45, 2.75) is 104 Å². The zero-order chi connectivity index (χ0) is 21.6. The van der Waals surface area contributed by atoms with Crippen molar-refractivity contribution >= 4 is 0 Å². The molecule has 3 fully saturated rings. The van der Waals surface area contributed by atoms with Gasteiger partial charge in [0.05, 0.1) is 12.2 Å². The molecule has 2 heteroatoms. The van der Waals surface area contributed by atoms with Gasteiger partial charge in [-0.15, -0.1) is 5.92 Å². The van der Waals surface area contributed by atoms with Gasteiger partial charge in [-0.05, 0) is 89.9 Å². The first-order chi connectivity index (χ1) is 14.1. The second-order valence-electron chi connectivity index (χ2n) is 11.7. The van der Waals surface area contributed by atoms with Crippen LogP contribution in [0.4, 0.5) is 0 Å². The summed E-state index contributed by atoms with van der Waals surface area (Å²) < 4.78 is 0. The maximum Gasteiger partial charge on any atom is 0.0602 e. The number of aliphatic hydroxyl groups is 2. The van der Waals surface area contributed by atoms with Crippen LogP contribution in [-0.2, 0) is 0 Å². The molecule has 3 saturated carbocycles. The molecule has 164 valence electrons. The first kappa shape index (κ1) is 21.9. The maximum absolute atomic E-state index is 9.99. The van der Waals surface area contributed by atoms with Crippen molar-refractivity contribution in [1.29, 1.82) is 0 Å². The predicted octanol–water partition coefficient (Wildman–Crippen LogP) is 6.10. The van der Waals surface area contributed by atoms with Gasteiger partial charge >= 0.3 is 0 Å². The number of fused-ring (bicyclic) bond motifs is 1. The Hall–Kier alpha value is -1.30. The van der Waals surface area contributed by atoms with Crippen molar-refractivity contribution in [3.05, 3.63) is 34.9 Å². The lowest BCUT2D eigenvalue weighted by Crippen LogP contribution is -2.33. The topological polar surface area (TPSA) is 40.5 Å². The highest BCUT2D eigenvalue weighted by atomic mass is 16.3. The van der Waals surface area contributed by atoms with Crippen molar-refractivity contribution in [3.63, 3.8) is 0 Å². The minimum absolute atomic E-state index is 0.0844. The first-order valence-corrected chi connectivity index (χ1v) is 12.1. The van der Waals surface area contributed by atoms with E-state index in [2.05, 4.69) is 57.8 Å². The van der Waals surface area contributed by atoms with E-state index in [4.69, 9.17) is 0 Å². The van der Waals surface area contributed by atoms with Crippen LogP contribution in [0.15, 0.2) is 34.9 Å². The van der Waals surface area contributed by atoms with Gasteiger partial charge in [0.1, 0.15) is 0 Å². The van der Waals surface area contributed by atoms with Gasteiger partial charge in [-0.25, -0.2) is 0 Å². The Kier molecular flexibility index (Phi) is 5.84. The zero-order valence-corrected chi connectivity index (χ0v) is 19.4. The van der Waals surface area contributed by atoms with E-state index in [0.29, 0.717) is 30.6 Å². The van der Waals surface area contributed by atoms with Gasteiger partial charge in [0.25, 0.3) is 0 Å². The molecule has 2 nitrogen and oxygen atoms in total. The third kappa shape index (κ3) is 4.49. The molecule has 0 aromatic rings. The van der Waals surface area contributed by atoms with Crippen LogP contribution in [0.2, 0.25) is 0 Å². The molecule has 0 aliphatic heterocycles. The predicted molar refractivity (Wildman–Crippen MR) is 124 cm³/mol. The molecule has 0 saturated heterocycles. The summed E-state index contributed by atoms with van der Waals surface area (Å²) in [6.45, 7) is 9.11. The molecule has 0 spiro atoms. The van der Waals surface area contributed by atoms with Crippen LogP contribution in [0.25, 0.3) is 0 Å². The molecule has 2 unspecified atom stereocenters. The van der Waals surface area contributed by atoms with Gasteiger partial charge in [-0.3, -0.25) is 0 Å². The number of hydrogen-bond donors (Lipinski definition) is 2. The van der Waals surface area contributed by atoms with E-state index < -0.39 is 12.2 Å². The van der Waals surface area contributed by atoms with Gasteiger partial charge in [0.2, 0.25) is 0 Å². The van der Waals surface area contributed by atoms with E-state index in [1.807, 2.05) is 0 Å². The third-order valence-electron chi connectivity index (χ3n) is 7.94. The Balaban J connectivity index is 1.51. The second kappa shape index (κ2) is 7.99. The van der Waals surface area contributed by atoms with Crippen LogP contribution < -0.4 is 0 Å². The average molecular weight is 409 g/mol. The molecule has 0 aromatic heterocycles. The standard InChI is InChI=1S/C28H40O2/c1-26(2,3)12-6-14-28(15-16-28)25-11-10-24-21(7-5-13-27(24,25)4)9-8-20-17-22(29)19-23(30)18-20/h8-9,11,22-24,29-30H,5,7,10,13-19H2,1-4H3/b20-8-,21-9+/t22?,23-,24?,27+/m1/s1. The minimum atomic E-state index is -0.390. The van der Waals surface area contributed by atoms with Crippen LogP contribution in [0, 0.1) is 34.0 Å². The van der Waals surface area contributed by atoms with Gasteiger partial charge in [0.15, 0.2) is 0 Å². The van der Waals surface area contributed by atoms with E-state index in [9.17, 15) is 10.2 Å². The first-order valence-electron chi connectivity index (χ1n) is 12.1. The van der Waals surface area contributed by atoms with E-state index in [1.54, 1.807) is 11.1 Å². The summed E-state index contributed by atoms with van der Waals surface area (Å²) in [7, 11) is 0. The summed E-state index contributed by atoms with van der Waals surface area (Å²) in [4.78, 5) is 0. The van der Waals surface area contributed by atoms with Gasteiger partial charge in [0, 0.05) is 17.3 Å². The Labute approximate surface area is 183 Å². The van der Waals surface area contributed by atoms with E-state index in [0.717, 1.165) is 6.42 Å². The van der Waals surface area contributed by atoms with Gasteiger partial charge in [-0.2, -0.15) is 0 Å². The van der Waals surface area contributed by atoms with Gasteiger partial charge in [-0.1, -0.05) is 47.8 Å². The molecule has 4 aliphatic carbocycles. The highest BCUT2D eigenvalue weighted by Crippen LogP contribution is 2.67. The molecule has 0 aromatic carbocycles. The summed E-state index contributed by atoms with van der Waals surface area (Å²) in [5, 5.41) is 20.0. The van der Waals surface area contributed by atoms with E-state index in [-0.39, 0.29) is 10.8 Å². The zero-order valence-electron chi connectivity index (χ0n) is 19.4. The highest BCUT2D eigenvalue weighted by Gasteiger charge is 2.56. The SMILES string of the molecule is CC(C)(C)C#CCC1(C2=CCC3/C(=C/C=C4/CC(O)C[C@H](O)C4)CCC[C@]23C)CC1. The molecule has 0 amide bonds. The fraction of sp³-hybridized carbons (Fsp3) is 0.714. The number of allylic oxidation sites excluding steroid dienone is 5. The fourth-order valence-electron chi connectivity index (χ4n) is 6.34. The summed E-state index contributed by atoms with van der Waals surface area (Å²) in [5.74, 6) is 7.62. The average Bonchev–Trinajstić information content (AvgIpc) is 3.31. The third-order valence-corrected chi connectivity index (χ3v) is 7.94. The lowest BCUT2D eigenvalue weighted by atomic mass is 9.61. The van der Waals surface area contributed by atoms with Crippen molar-refractivity contribution < 1.29 is 10.2 Å². The molecular weight excluding hydrogens is 368 g/mol. The van der Waals surface area contributed by atoms with Gasteiger partial charge < -0.3 is 10.2 Å². The highest BCUT2D eigenvalue weighted by molar-refractivity contribution is 5.40. The van der Waals surface area contributed by atoms with Crippen molar-refractivity contribution in [3.8, 4) is 11.8 Å². The van der Waals surface area contributed by atoms with Crippen molar-refractivity contribution in [2.24, 2.45) is 22.2 Å². The molecule has 0 bridgehead atoms. The maximum atomic E-state index is 9.99. The summed E-state index contributed by atoms with van der Waals surface area (Å²) in [6, 6.07) is 0. The quantitative estimate of drug-likeness (QED) is 0.437. The largest absolute Gasteiger partial charge is 0.393 e. The number of hydrogen-bond acceptors (Lipinski definition) is 2. The molecule has 4 rings (SSSR count). The molecule has 4 aliphatic rings. The summed E-state index contributed by atoms with van der Waals surface area (Å²) >= 11 is 0. The minimum Gasteiger partial charge on any atom is -0.393 e. The Morgan fingerprint density at radius 1 is 1.10 bits per heavy atom. The number of aliphatic hydroxyl groups excluding tert-OH is 2. The van der Waals surface area contributed by atoms with Crippen LogP contribution in [-0.4, -0.2) is 22.4 Å². The van der Waals surface area contributed by atoms with Crippen LogP contribution in [0.1, 0.15) is 91.9 Å². The van der Waals surface area contributed by atoms with Crippen LogP contribution >= 0.6 is 0 Å². The molecule has 0 heterocycles. The van der Waals surface area contributed by atoms with Crippen LogP contribution in [0.5, 0.6) is 0 Å².